The summed E-state index contributed by atoms with van der Waals surface area (Å²) in [5.41, 5.74) is 5.63. The number of benzene rings is 1. The Labute approximate surface area is 190 Å². The van der Waals surface area contributed by atoms with Crippen LogP contribution in [0.2, 0.25) is 0 Å². The molecule has 1 aromatic carbocycles. The molecule has 1 aliphatic rings. The van der Waals surface area contributed by atoms with Crippen LogP contribution in [0, 0.1) is 0 Å². The summed E-state index contributed by atoms with van der Waals surface area (Å²) in [4.78, 5) is 20.2. The van der Waals surface area contributed by atoms with Gasteiger partial charge in [-0.1, -0.05) is 6.07 Å². The molecule has 1 unspecified atom stereocenters. The number of methoxy groups -OCH3 is 1. The molecule has 8 nitrogen and oxygen atoms in total. The van der Waals surface area contributed by atoms with Crippen LogP contribution in [0.1, 0.15) is 27.7 Å². The summed E-state index contributed by atoms with van der Waals surface area (Å²) < 4.78 is 16.5. The van der Waals surface area contributed by atoms with E-state index in [1.54, 1.807) is 12.0 Å². The minimum atomic E-state index is -0.492. The van der Waals surface area contributed by atoms with Crippen molar-refractivity contribution < 1.29 is 19.0 Å². The molecule has 0 bridgehead atoms. The number of halogens is 1. The van der Waals surface area contributed by atoms with Crippen molar-refractivity contribution in [2.24, 2.45) is 10.7 Å². The van der Waals surface area contributed by atoms with E-state index in [1.807, 2.05) is 56.9 Å². The topological polar surface area (TPSA) is 89.6 Å². The lowest BCUT2D eigenvalue weighted by Gasteiger charge is -2.36. The zero-order valence-corrected chi connectivity index (χ0v) is 20.2. The highest BCUT2D eigenvalue weighted by atomic mass is 127. The van der Waals surface area contributed by atoms with Crippen molar-refractivity contribution in [1.29, 1.82) is 0 Å². The van der Waals surface area contributed by atoms with E-state index in [0.29, 0.717) is 38.7 Å². The van der Waals surface area contributed by atoms with Gasteiger partial charge in [-0.25, -0.2) is 9.79 Å². The molecule has 0 saturated carbocycles. The van der Waals surface area contributed by atoms with Crippen molar-refractivity contribution in [3.63, 3.8) is 0 Å². The van der Waals surface area contributed by atoms with E-state index < -0.39 is 5.60 Å². The number of rotatable bonds is 5. The van der Waals surface area contributed by atoms with E-state index >= 15 is 0 Å². The van der Waals surface area contributed by atoms with Crippen molar-refractivity contribution in [1.82, 2.24) is 9.80 Å². The summed E-state index contributed by atoms with van der Waals surface area (Å²) in [7, 11) is 1.62. The van der Waals surface area contributed by atoms with Crippen LogP contribution in [0.4, 0.5) is 4.79 Å². The molecule has 0 aromatic heterocycles. The number of carbonyl (C=O) groups excluding carboxylic acids is 1. The first-order valence-corrected chi connectivity index (χ1v) is 9.51. The Morgan fingerprint density at radius 1 is 1.17 bits per heavy atom. The molecule has 1 aromatic rings. The van der Waals surface area contributed by atoms with Gasteiger partial charge in [0.2, 0.25) is 0 Å². The summed E-state index contributed by atoms with van der Waals surface area (Å²) in [6, 6.07) is 7.45. The number of nitrogens with two attached hydrogens (primary N) is 1. The zero-order chi connectivity index (χ0) is 20.7. The standard InChI is InChI=1S/C20H32N4O4.HI/c1-15(27-17-8-6-7-16(13-17)26-5)14-22-18(21)23-9-11-24(12-10-23)19(25)28-20(2,3)4;/h6-8,13,15H,9-12,14H2,1-5H3,(H2,21,22);1H. The maximum Gasteiger partial charge on any atom is 0.410 e. The van der Waals surface area contributed by atoms with Gasteiger partial charge in [-0.3, -0.25) is 0 Å². The van der Waals surface area contributed by atoms with Crippen LogP contribution < -0.4 is 15.2 Å². The average molecular weight is 520 g/mol. The van der Waals surface area contributed by atoms with Crippen LogP contribution in [-0.4, -0.2) is 73.4 Å². The summed E-state index contributed by atoms with van der Waals surface area (Å²) >= 11 is 0. The fourth-order valence-electron chi connectivity index (χ4n) is 2.71. The van der Waals surface area contributed by atoms with E-state index in [0.717, 1.165) is 11.5 Å². The first-order chi connectivity index (χ1) is 13.2. The minimum absolute atomic E-state index is 0. The molecule has 0 spiro atoms. The van der Waals surface area contributed by atoms with Crippen LogP contribution in [-0.2, 0) is 4.74 Å². The van der Waals surface area contributed by atoms with Gasteiger partial charge in [0.1, 0.15) is 23.2 Å². The van der Waals surface area contributed by atoms with Crippen molar-refractivity contribution in [2.45, 2.75) is 39.4 Å². The smallest absolute Gasteiger partial charge is 0.410 e. The summed E-state index contributed by atoms with van der Waals surface area (Å²) in [6.07, 6.45) is -0.420. The molecule has 164 valence electrons. The van der Waals surface area contributed by atoms with Gasteiger partial charge >= 0.3 is 6.09 Å². The molecule has 0 aliphatic carbocycles. The van der Waals surface area contributed by atoms with Crippen LogP contribution in [0.25, 0.3) is 0 Å². The molecule has 1 heterocycles. The molecule has 2 N–H and O–H groups in total. The molecule has 0 radical (unpaired) electrons. The Morgan fingerprint density at radius 3 is 2.34 bits per heavy atom. The second-order valence-corrected chi connectivity index (χ2v) is 7.76. The molecule has 2 rings (SSSR count). The van der Waals surface area contributed by atoms with Crippen molar-refractivity contribution in [3.8, 4) is 11.5 Å². The lowest BCUT2D eigenvalue weighted by atomic mass is 10.2. The van der Waals surface area contributed by atoms with E-state index in [-0.39, 0.29) is 36.2 Å². The summed E-state index contributed by atoms with van der Waals surface area (Å²) in [6.45, 7) is 10.3. The Morgan fingerprint density at radius 2 is 1.76 bits per heavy atom. The molecular weight excluding hydrogens is 487 g/mol. The molecular formula is C20H33IN4O4. The second kappa shape index (κ2) is 11.3. The number of aliphatic imine (C=N–C) groups is 1. The molecule has 1 fully saturated rings. The van der Waals surface area contributed by atoms with Gasteiger partial charge in [0.15, 0.2) is 5.96 Å². The fraction of sp³-hybridized carbons (Fsp3) is 0.600. The number of hydrogen-bond acceptors (Lipinski definition) is 5. The van der Waals surface area contributed by atoms with Gasteiger partial charge in [0, 0.05) is 32.2 Å². The van der Waals surface area contributed by atoms with Crippen LogP contribution >= 0.6 is 24.0 Å². The van der Waals surface area contributed by atoms with Crippen LogP contribution in [0.3, 0.4) is 0 Å². The quantitative estimate of drug-likeness (QED) is 0.365. The lowest BCUT2D eigenvalue weighted by Crippen LogP contribution is -2.53. The van der Waals surface area contributed by atoms with Crippen LogP contribution in [0.5, 0.6) is 11.5 Å². The number of hydrogen-bond donors (Lipinski definition) is 1. The maximum atomic E-state index is 12.1. The van der Waals surface area contributed by atoms with E-state index in [1.165, 1.54) is 0 Å². The summed E-state index contributed by atoms with van der Waals surface area (Å²) in [5.74, 6) is 1.94. The number of piperazine rings is 1. The second-order valence-electron chi connectivity index (χ2n) is 7.76. The van der Waals surface area contributed by atoms with Gasteiger partial charge in [-0.05, 0) is 39.8 Å². The van der Waals surface area contributed by atoms with Gasteiger partial charge in [-0.15, -0.1) is 24.0 Å². The average Bonchev–Trinajstić information content (AvgIpc) is 2.65. The molecule has 1 amide bonds. The molecule has 1 aliphatic heterocycles. The first kappa shape index (κ1) is 25.1. The zero-order valence-electron chi connectivity index (χ0n) is 17.9. The first-order valence-electron chi connectivity index (χ1n) is 9.51. The minimum Gasteiger partial charge on any atom is -0.497 e. The van der Waals surface area contributed by atoms with Gasteiger partial charge in [0.05, 0.1) is 13.7 Å². The Kier molecular flexibility index (Phi) is 9.81. The molecule has 1 saturated heterocycles. The highest BCUT2D eigenvalue weighted by Crippen LogP contribution is 2.20. The predicted molar refractivity (Wildman–Crippen MR) is 124 cm³/mol. The Balaban J connectivity index is 0.00000420. The van der Waals surface area contributed by atoms with Crippen LogP contribution in [0.15, 0.2) is 29.3 Å². The Bertz CT molecular complexity index is 685. The SMILES string of the molecule is COc1cccc(OC(C)CN=C(N)N2CCN(C(=O)OC(C)(C)C)CC2)c1.I. The van der Waals surface area contributed by atoms with Crippen molar-refractivity contribution >= 4 is 36.0 Å². The fourth-order valence-corrected chi connectivity index (χ4v) is 2.71. The third-order valence-electron chi connectivity index (χ3n) is 4.14. The Hall–Kier alpha value is -1.91. The van der Waals surface area contributed by atoms with Gasteiger partial charge < -0.3 is 29.7 Å². The highest BCUT2D eigenvalue weighted by molar-refractivity contribution is 14.0. The lowest BCUT2D eigenvalue weighted by molar-refractivity contribution is 0.0186. The normalized spacial score (nSPS) is 16.0. The van der Waals surface area contributed by atoms with E-state index in [9.17, 15) is 4.79 Å². The largest absolute Gasteiger partial charge is 0.497 e. The number of amides is 1. The van der Waals surface area contributed by atoms with E-state index in [2.05, 4.69) is 4.99 Å². The molecule has 1 atom stereocenters. The molecule has 29 heavy (non-hydrogen) atoms. The third-order valence-corrected chi connectivity index (χ3v) is 4.14. The monoisotopic (exact) mass is 520 g/mol. The van der Waals surface area contributed by atoms with E-state index in [4.69, 9.17) is 19.9 Å². The summed E-state index contributed by atoms with van der Waals surface area (Å²) in [5, 5.41) is 0. The number of nitrogens with zero attached hydrogens (tertiary/aromatic N) is 3. The number of guanidine groups is 1. The van der Waals surface area contributed by atoms with Crippen molar-refractivity contribution in [2.75, 3.05) is 39.8 Å². The van der Waals surface area contributed by atoms with Gasteiger partial charge in [0.25, 0.3) is 0 Å². The predicted octanol–water partition coefficient (Wildman–Crippen LogP) is 2.95. The molecule has 9 heteroatoms. The van der Waals surface area contributed by atoms with Gasteiger partial charge in [-0.2, -0.15) is 0 Å². The maximum absolute atomic E-state index is 12.1. The third kappa shape index (κ3) is 8.55. The van der Waals surface area contributed by atoms with Crippen molar-refractivity contribution in [3.05, 3.63) is 24.3 Å². The highest BCUT2D eigenvalue weighted by Gasteiger charge is 2.26. The number of carbonyl (C=O) groups is 1. The number of ether oxygens (including phenoxy) is 3.